The molecule has 1 aliphatic rings. The summed E-state index contributed by atoms with van der Waals surface area (Å²) in [6.45, 7) is 0.824. The molecule has 0 saturated heterocycles. The number of amides is 2. The average molecular weight is 375 g/mol. The molecular formula is C20H17N5O3. The van der Waals surface area contributed by atoms with Gasteiger partial charge >= 0.3 is 0 Å². The number of aromatic nitrogens is 2. The van der Waals surface area contributed by atoms with Crippen molar-refractivity contribution in [3.63, 3.8) is 0 Å². The summed E-state index contributed by atoms with van der Waals surface area (Å²) in [7, 11) is 0. The first-order valence-electron chi connectivity index (χ1n) is 8.76. The van der Waals surface area contributed by atoms with Gasteiger partial charge in [-0.1, -0.05) is 6.07 Å². The summed E-state index contributed by atoms with van der Waals surface area (Å²) in [5.41, 5.74) is 1.61. The van der Waals surface area contributed by atoms with Crippen LogP contribution in [0.5, 0.6) is 0 Å². The highest BCUT2D eigenvalue weighted by atomic mass is 16.3. The Balaban J connectivity index is 1.54. The number of furan rings is 1. The van der Waals surface area contributed by atoms with Crippen LogP contribution in [0.2, 0.25) is 0 Å². The van der Waals surface area contributed by atoms with E-state index in [1.165, 1.54) is 0 Å². The van der Waals surface area contributed by atoms with Crippen molar-refractivity contribution in [3.8, 4) is 6.07 Å². The van der Waals surface area contributed by atoms with Crippen LogP contribution in [0, 0.1) is 11.3 Å². The van der Waals surface area contributed by atoms with Gasteiger partial charge in [0, 0.05) is 11.8 Å². The Morgan fingerprint density at radius 2 is 2.21 bits per heavy atom. The molecule has 2 amide bonds. The third-order valence-corrected chi connectivity index (χ3v) is 4.67. The molecule has 1 unspecified atom stereocenters. The van der Waals surface area contributed by atoms with Crippen molar-refractivity contribution >= 4 is 11.8 Å². The zero-order chi connectivity index (χ0) is 19.5. The lowest BCUT2D eigenvalue weighted by Crippen LogP contribution is -2.46. The van der Waals surface area contributed by atoms with Gasteiger partial charge in [-0.15, -0.1) is 0 Å². The Kier molecular flexibility index (Phi) is 4.64. The van der Waals surface area contributed by atoms with Crippen molar-refractivity contribution in [2.24, 2.45) is 0 Å². The maximum Gasteiger partial charge on any atom is 0.254 e. The lowest BCUT2D eigenvalue weighted by atomic mass is 10.1. The zero-order valence-corrected chi connectivity index (χ0v) is 14.9. The first-order valence-corrected chi connectivity index (χ1v) is 8.76. The minimum absolute atomic E-state index is 0.211. The molecule has 28 heavy (non-hydrogen) atoms. The Hall–Kier alpha value is -3.86. The van der Waals surface area contributed by atoms with Crippen molar-refractivity contribution in [2.45, 2.75) is 19.1 Å². The molecule has 1 aliphatic heterocycles. The minimum atomic E-state index is -0.593. The summed E-state index contributed by atoms with van der Waals surface area (Å²) in [4.78, 5) is 31.5. The molecule has 0 saturated carbocycles. The van der Waals surface area contributed by atoms with E-state index in [2.05, 4.69) is 10.3 Å². The lowest BCUT2D eigenvalue weighted by Gasteiger charge is -2.33. The molecule has 0 aliphatic carbocycles. The third-order valence-electron chi connectivity index (χ3n) is 4.67. The highest BCUT2D eigenvalue weighted by Crippen LogP contribution is 2.23. The second-order valence-electron chi connectivity index (χ2n) is 6.48. The Bertz CT molecular complexity index is 1050. The second kappa shape index (κ2) is 7.40. The molecule has 1 aromatic carbocycles. The van der Waals surface area contributed by atoms with Gasteiger partial charge in [-0.25, -0.2) is 4.98 Å². The molecule has 8 nitrogen and oxygen atoms in total. The van der Waals surface area contributed by atoms with Crippen LogP contribution >= 0.6 is 0 Å². The fourth-order valence-corrected chi connectivity index (χ4v) is 3.27. The normalized spacial score (nSPS) is 15.5. The quantitative estimate of drug-likeness (QED) is 0.749. The number of nitrogens with one attached hydrogen (secondary N) is 1. The van der Waals surface area contributed by atoms with Crippen LogP contribution in [0.15, 0.2) is 59.6 Å². The summed E-state index contributed by atoms with van der Waals surface area (Å²) in [6, 6.07) is 11.5. The Labute approximate surface area is 161 Å². The van der Waals surface area contributed by atoms with Crippen molar-refractivity contribution in [3.05, 3.63) is 77.8 Å². The van der Waals surface area contributed by atoms with Crippen LogP contribution in [0.4, 0.5) is 0 Å². The predicted molar refractivity (Wildman–Crippen MR) is 97.7 cm³/mol. The van der Waals surface area contributed by atoms with Crippen LogP contribution in [0.3, 0.4) is 0 Å². The van der Waals surface area contributed by atoms with E-state index in [0.29, 0.717) is 23.4 Å². The largest absolute Gasteiger partial charge is 0.467 e. The molecule has 3 heterocycles. The number of imidazole rings is 1. The number of carbonyl (C=O) groups is 2. The van der Waals surface area contributed by atoms with Gasteiger partial charge in [0.1, 0.15) is 11.8 Å². The average Bonchev–Trinajstić information content (AvgIpc) is 3.42. The predicted octanol–water partition coefficient (Wildman–Crippen LogP) is 1.86. The summed E-state index contributed by atoms with van der Waals surface area (Å²) < 4.78 is 7.02. The number of rotatable bonds is 4. The van der Waals surface area contributed by atoms with E-state index < -0.39 is 6.04 Å². The number of nitriles is 1. The van der Waals surface area contributed by atoms with Gasteiger partial charge in [0.2, 0.25) is 5.91 Å². The van der Waals surface area contributed by atoms with Crippen LogP contribution in [-0.4, -0.2) is 32.8 Å². The maximum atomic E-state index is 13.0. The first kappa shape index (κ1) is 17.5. The van der Waals surface area contributed by atoms with Crippen molar-refractivity contribution in [2.75, 3.05) is 6.54 Å². The molecule has 140 valence electrons. The van der Waals surface area contributed by atoms with Gasteiger partial charge < -0.3 is 19.2 Å². The number of fused-ring (bicyclic) bond motifs is 1. The van der Waals surface area contributed by atoms with Gasteiger partial charge in [0.05, 0.1) is 49.6 Å². The number of benzene rings is 1. The highest BCUT2D eigenvalue weighted by Gasteiger charge is 2.32. The topological polar surface area (TPSA) is 104 Å². The van der Waals surface area contributed by atoms with Crippen LogP contribution in [-0.2, 0) is 17.9 Å². The second-order valence-corrected chi connectivity index (χ2v) is 6.48. The van der Waals surface area contributed by atoms with E-state index >= 15 is 0 Å². The standard InChI is InChI=1S/C20H17N5O3/c21-8-14-3-1-4-15(7-14)20(27)24-11-16-9-22-13-25(16)18(12-24)19(26)23-10-17-5-2-6-28-17/h1-7,9,13,18H,10-12H2,(H,23,26). The SMILES string of the molecule is N#Cc1cccc(C(=O)N2Cc3cncn3C(C(=O)NCc3ccco3)C2)c1. The van der Waals surface area contributed by atoms with E-state index in [0.717, 1.165) is 5.69 Å². The minimum Gasteiger partial charge on any atom is -0.467 e. The molecule has 2 aromatic heterocycles. The van der Waals surface area contributed by atoms with Crippen LogP contribution < -0.4 is 5.32 Å². The Morgan fingerprint density at radius 1 is 1.32 bits per heavy atom. The number of nitrogens with zero attached hydrogens (tertiary/aromatic N) is 4. The molecule has 3 aromatic rings. The van der Waals surface area contributed by atoms with Gasteiger partial charge in [-0.2, -0.15) is 5.26 Å². The molecule has 1 N–H and O–H groups in total. The molecule has 1 atom stereocenters. The highest BCUT2D eigenvalue weighted by molar-refractivity contribution is 5.95. The molecule has 0 bridgehead atoms. The van der Waals surface area contributed by atoms with E-state index in [4.69, 9.17) is 9.68 Å². The van der Waals surface area contributed by atoms with Crippen molar-refractivity contribution in [1.82, 2.24) is 19.8 Å². The van der Waals surface area contributed by atoms with Gasteiger partial charge in [-0.3, -0.25) is 9.59 Å². The third kappa shape index (κ3) is 3.38. The monoisotopic (exact) mass is 375 g/mol. The summed E-state index contributed by atoms with van der Waals surface area (Å²) in [5, 5.41) is 11.9. The van der Waals surface area contributed by atoms with Crippen molar-refractivity contribution < 1.29 is 14.0 Å². The van der Waals surface area contributed by atoms with E-state index in [-0.39, 0.29) is 24.9 Å². The number of hydrogen-bond acceptors (Lipinski definition) is 5. The summed E-state index contributed by atoms with van der Waals surface area (Å²) in [5.74, 6) is 0.198. The van der Waals surface area contributed by atoms with E-state index in [1.54, 1.807) is 64.7 Å². The smallest absolute Gasteiger partial charge is 0.254 e. The van der Waals surface area contributed by atoms with Crippen LogP contribution in [0.25, 0.3) is 0 Å². The lowest BCUT2D eigenvalue weighted by molar-refractivity contribution is -0.125. The Morgan fingerprint density at radius 3 is 3.00 bits per heavy atom. The maximum absolute atomic E-state index is 13.0. The van der Waals surface area contributed by atoms with Gasteiger partial charge in [0.15, 0.2) is 0 Å². The summed E-state index contributed by atoms with van der Waals surface area (Å²) >= 11 is 0. The van der Waals surface area contributed by atoms with Crippen LogP contribution in [0.1, 0.15) is 33.4 Å². The summed E-state index contributed by atoms with van der Waals surface area (Å²) in [6.07, 6.45) is 4.80. The molecule has 8 heteroatoms. The fourth-order valence-electron chi connectivity index (χ4n) is 3.27. The van der Waals surface area contributed by atoms with E-state index in [1.807, 2.05) is 6.07 Å². The van der Waals surface area contributed by atoms with Crippen molar-refractivity contribution in [1.29, 1.82) is 5.26 Å². The molecular weight excluding hydrogens is 358 g/mol. The number of carbonyl (C=O) groups excluding carboxylic acids is 2. The molecule has 0 fully saturated rings. The molecule has 4 rings (SSSR count). The first-order chi connectivity index (χ1) is 13.7. The zero-order valence-electron chi connectivity index (χ0n) is 14.9. The van der Waals surface area contributed by atoms with Gasteiger partial charge in [0.25, 0.3) is 5.91 Å². The number of hydrogen-bond donors (Lipinski definition) is 1. The molecule has 0 radical (unpaired) electrons. The fraction of sp³-hybridized carbons (Fsp3) is 0.200. The van der Waals surface area contributed by atoms with Gasteiger partial charge in [-0.05, 0) is 30.3 Å². The molecule has 0 spiro atoms. The van der Waals surface area contributed by atoms with E-state index in [9.17, 15) is 9.59 Å².